The molecule has 1 saturated heterocycles. The van der Waals surface area contributed by atoms with Gasteiger partial charge in [-0.05, 0) is 37.8 Å². The van der Waals surface area contributed by atoms with Gasteiger partial charge in [0.15, 0.2) is 0 Å². The van der Waals surface area contributed by atoms with Crippen molar-refractivity contribution in [2.24, 2.45) is 5.92 Å². The molecule has 1 aromatic carbocycles. The van der Waals surface area contributed by atoms with E-state index in [0.717, 1.165) is 12.8 Å². The number of hydrogen-bond acceptors (Lipinski definition) is 2. The fourth-order valence-electron chi connectivity index (χ4n) is 2.63. The lowest BCUT2D eigenvalue weighted by molar-refractivity contribution is 0.0539. The Morgan fingerprint density at radius 2 is 1.84 bits per heavy atom. The number of amides is 1. The predicted octanol–water partition coefficient (Wildman–Crippen LogP) is 2.65. The van der Waals surface area contributed by atoms with Crippen LogP contribution in [0.2, 0.25) is 0 Å². The second-order valence-corrected chi connectivity index (χ2v) is 5.21. The molecule has 2 atom stereocenters. The monoisotopic (exact) mass is 261 g/mol. The highest BCUT2D eigenvalue weighted by atomic mass is 16.4. The van der Waals surface area contributed by atoms with E-state index in [9.17, 15) is 9.59 Å². The van der Waals surface area contributed by atoms with Crippen molar-refractivity contribution < 1.29 is 14.7 Å². The molecule has 0 aliphatic carbocycles. The number of carbonyl (C=O) groups is 2. The van der Waals surface area contributed by atoms with Gasteiger partial charge in [0.2, 0.25) is 0 Å². The van der Waals surface area contributed by atoms with Crippen LogP contribution in [-0.2, 0) is 0 Å². The van der Waals surface area contributed by atoms with Gasteiger partial charge in [0.1, 0.15) is 0 Å². The SMILES string of the molecule is CC1CCCN(C(=O)c2ccccc2C(=O)O)C1C. The van der Waals surface area contributed by atoms with Gasteiger partial charge in [-0.3, -0.25) is 4.79 Å². The van der Waals surface area contributed by atoms with Crippen LogP contribution in [-0.4, -0.2) is 34.5 Å². The Labute approximate surface area is 113 Å². The van der Waals surface area contributed by atoms with Crippen LogP contribution in [0.25, 0.3) is 0 Å². The molecule has 1 aliphatic heterocycles. The Bertz CT molecular complexity index is 498. The van der Waals surface area contributed by atoms with Gasteiger partial charge >= 0.3 is 5.97 Å². The zero-order valence-corrected chi connectivity index (χ0v) is 11.3. The summed E-state index contributed by atoms with van der Waals surface area (Å²) >= 11 is 0. The Morgan fingerprint density at radius 3 is 2.47 bits per heavy atom. The summed E-state index contributed by atoms with van der Waals surface area (Å²) < 4.78 is 0. The number of carboxylic acids is 1. The first kappa shape index (κ1) is 13.6. The van der Waals surface area contributed by atoms with Gasteiger partial charge in [-0.15, -0.1) is 0 Å². The lowest BCUT2D eigenvalue weighted by atomic mass is 9.91. The van der Waals surface area contributed by atoms with Gasteiger partial charge in [-0.25, -0.2) is 4.79 Å². The molecular formula is C15H19NO3. The maximum Gasteiger partial charge on any atom is 0.336 e. The molecular weight excluding hydrogens is 242 g/mol. The van der Waals surface area contributed by atoms with E-state index in [1.807, 2.05) is 6.92 Å². The number of rotatable bonds is 2. The van der Waals surface area contributed by atoms with E-state index in [-0.39, 0.29) is 23.1 Å². The number of nitrogens with zero attached hydrogens (tertiary/aromatic N) is 1. The number of benzene rings is 1. The van der Waals surface area contributed by atoms with Crippen LogP contribution in [0.5, 0.6) is 0 Å². The van der Waals surface area contributed by atoms with Gasteiger partial charge in [-0.1, -0.05) is 19.1 Å². The number of carboxylic acid groups (broad SMARTS) is 1. The first-order valence-electron chi connectivity index (χ1n) is 6.65. The molecule has 1 aromatic rings. The lowest BCUT2D eigenvalue weighted by Gasteiger charge is -2.38. The zero-order chi connectivity index (χ0) is 14.0. The summed E-state index contributed by atoms with van der Waals surface area (Å²) in [6.45, 7) is 4.87. The highest BCUT2D eigenvalue weighted by molar-refractivity contribution is 6.04. The van der Waals surface area contributed by atoms with Crippen LogP contribution in [0, 0.1) is 5.92 Å². The highest BCUT2D eigenvalue weighted by Crippen LogP contribution is 2.25. The van der Waals surface area contributed by atoms with E-state index in [1.54, 1.807) is 23.1 Å². The van der Waals surface area contributed by atoms with E-state index < -0.39 is 5.97 Å². The fourth-order valence-corrected chi connectivity index (χ4v) is 2.63. The summed E-state index contributed by atoms with van der Waals surface area (Å²) in [6, 6.07) is 6.58. The highest BCUT2D eigenvalue weighted by Gasteiger charge is 2.30. The summed E-state index contributed by atoms with van der Waals surface area (Å²) in [5.74, 6) is -0.770. The second kappa shape index (κ2) is 5.43. The minimum atomic E-state index is -1.05. The van der Waals surface area contributed by atoms with Crippen molar-refractivity contribution >= 4 is 11.9 Å². The number of carbonyl (C=O) groups excluding carboxylic acids is 1. The lowest BCUT2D eigenvalue weighted by Crippen LogP contribution is -2.46. The van der Waals surface area contributed by atoms with Crippen molar-refractivity contribution in [1.29, 1.82) is 0 Å². The molecule has 0 saturated carbocycles. The largest absolute Gasteiger partial charge is 0.478 e. The molecule has 0 bridgehead atoms. The van der Waals surface area contributed by atoms with Crippen LogP contribution >= 0.6 is 0 Å². The van der Waals surface area contributed by atoms with Crippen LogP contribution in [0.1, 0.15) is 47.4 Å². The topological polar surface area (TPSA) is 57.6 Å². The maximum absolute atomic E-state index is 12.5. The van der Waals surface area contributed by atoms with E-state index in [0.29, 0.717) is 12.5 Å². The van der Waals surface area contributed by atoms with Crippen LogP contribution in [0.15, 0.2) is 24.3 Å². The van der Waals surface area contributed by atoms with E-state index in [2.05, 4.69) is 6.92 Å². The molecule has 2 rings (SSSR count). The Morgan fingerprint density at radius 1 is 1.21 bits per heavy atom. The molecule has 0 spiro atoms. The van der Waals surface area contributed by atoms with Crippen molar-refractivity contribution in [3.05, 3.63) is 35.4 Å². The molecule has 19 heavy (non-hydrogen) atoms. The molecule has 4 nitrogen and oxygen atoms in total. The molecule has 1 amide bonds. The van der Waals surface area contributed by atoms with Gasteiger partial charge in [0, 0.05) is 12.6 Å². The predicted molar refractivity (Wildman–Crippen MR) is 72.3 cm³/mol. The fraction of sp³-hybridized carbons (Fsp3) is 0.467. The minimum Gasteiger partial charge on any atom is -0.478 e. The summed E-state index contributed by atoms with van der Waals surface area (Å²) in [5, 5.41) is 9.16. The Balaban J connectivity index is 2.31. The van der Waals surface area contributed by atoms with Crippen LogP contribution in [0.4, 0.5) is 0 Å². The third-order valence-electron chi connectivity index (χ3n) is 4.02. The van der Waals surface area contributed by atoms with Crippen molar-refractivity contribution in [2.45, 2.75) is 32.7 Å². The van der Waals surface area contributed by atoms with Gasteiger partial charge in [0.25, 0.3) is 5.91 Å². The van der Waals surface area contributed by atoms with Crippen molar-refractivity contribution in [1.82, 2.24) is 4.90 Å². The second-order valence-electron chi connectivity index (χ2n) is 5.21. The molecule has 102 valence electrons. The summed E-state index contributed by atoms with van der Waals surface area (Å²) in [7, 11) is 0. The Kier molecular flexibility index (Phi) is 3.88. The van der Waals surface area contributed by atoms with E-state index in [4.69, 9.17) is 5.11 Å². The summed E-state index contributed by atoms with van der Waals surface area (Å²) in [4.78, 5) is 25.5. The molecule has 1 fully saturated rings. The third-order valence-corrected chi connectivity index (χ3v) is 4.02. The average Bonchev–Trinajstić information content (AvgIpc) is 2.41. The minimum absolute atomic E-state index is 0.0814. The first-order chi connectivity index (χ1) is 9.02. The van der Waals surface area contributed by atoms with Gasteiger partial charge < -0.3 is 10.0 Å². The Hall–Kier alpha value is -1.84. The quantitative estimate of drug-likeness (QED) is 0.890. The van der Waals surface area contributed by atoms with Crippen LogP contribution < -0.4 is 0 Å². The van der Waals surface area contributed by atoms with Crippen LogP contribution in [0.3, 0.4) is 0 Å². The third kappa shape index (κ3) is 2.62. The normalized spacial score (nSPS) is 23.2. The molecule has 4 heteroatoms. The maximum atomic E-state index is 12.5. The number of aromatic carboxylic acids is 1. The van der Waals surface area contributed by atoms with E-state index >= 15 is 0 Å². The molecule has 0 radical (unpaired) electrons. The zero-order valence-electron chi connectivity index (χ0n) is 11.3. The van der Waals surface area contributed by atoms with Crippen molar-refractivity contribution in [3.8, 4) is 0 Å². The molecule has 1 N–H and O–H groups in total. The number of likely N-dealkylation sites (tertiary alicyclic amines) is 1. The average molecular weight is 261 g/mol. The van der Waals surface area contributed by atoms with Crippen molar-refractivity contribution in [2.75, 3.05) is 6.54 Å². The van der Waals surface area contributed by atoms with Gasteiger partial charge in [0.05, 0.1) is 11.1 Å². The molecule has 1 aliphatic rings. The standard InChI is InChI=1S/C15H19NO3/c1-10-6-5-9-16(11(10)2)14(17)12-7-3-4-8-13(12)15(18)19/h3-4,7-8,10-11H,5-6,9H2,1-2H3,(H,18,19). The first-order valence-corrected chi connectivity index (χ1v) is 6.65. The van der Waals surface area contributed by atoms with Crippen molar-refractivity contribution in [3.63, 3.8) is 0 Å². The number of hydrogen-bond donors (Lipinski definition) is 1. The molecule has 1 heterocycles. The summed E-state index contributed by atoms with van der Waals surface area (Å²) in [5.41, 5.74) is 0.369. The van der Waals surface area contributed by atoms with Gasteiger partial charge in [-0.2, -0.15) is 0 Å². The smallest absolute Gasteiger partial charge is 0.336 e. The summed E-state index contributed by atoms with van der Waals surface area (Å²) in [6.07, 6.45) is 2.10. The van der Waals surface area contributed by atoms with E-state index in [1.165, 1.54) is 6.07 Å². The molecule has 2 unspecified atom stereocenters. The molecule has 0 aromatic heterocycles. The number of piperidine rings is 1.